The van der Waals surface area contributed by atoms with E-state index < -0.39 is 5.97 Å². The fraction of sp³-hybridized carbons (Fsp3) is 0.909. The lowest BCUT2D eigenvalue weighted by Crippen LogP contribution is -2.45. The second-order valence-corrected chi connectivity index (χ2v) is 5.27. The Bertz CT molecular complexity index is 265. The molecular weight excluding hydrogens is 192 g/mol. The normalized spacial score (nSPS) is 34.3. The zero-order valence-corrected chi connectivity index (χ0v) is 9.49. The van der Waals surface area contributed by atoms with Crippen LogP contribution in [0, 0.1) is 11.8 Å². The molecule has 4 heteroatoms. The number of carbonyl (C=O) groups is 1. The van der Waals surface area contributed by atoms with E-state index in [0.717, 1.165) is 19.6 Å². The molecule has 2 heterocycles. The van der Waals surface area contributed by atoms with E-state index in [4.69, 9.17) is 5.11 Å². The van der Waals surface area contributed by atoms with E-state index in [-0.39, 0.29) is 12.0 Å². The summed E-state index contributed by atoms with van der Waals surface area (Å²) < 4.78 is 0. The molecule has 4 nitrogen and oxygen atoms in total. The summed E-state index contributed by atoms with van der Waals surface area (Å²) in [6, 6.07) is 0. The number of hydrogen-bond donors (Lipinski definition) is 2. The molecule has 0 aromatic carbocycles. The molecule has 0 aliphatic carbocycles. The molecule has 2 fully saturated rings. The van der Waals surface area contributed by atoms with Crippen molar-refractivity contribution < 1.29 is 9.90 Å². The van der Waals surface area contributed by atoms with Gasteiger partial charge in [0.15, 0.2) is 0 Å². The van der Waals surface area contributed by atoms with E-state index in [1.54, 1.807) is 0 Å². The summed E-state index contributed by atoms with van der Waals surface area (Å²) in [6.07, 6.45) is 0.260. The van der Waals surface area contributed by atoms with Crippen molar-refractivity contribution in [2.24, 2.45) is 11.8 Å². The largest absolute Gasteiger partial charge is 0.481 e. The number of carboxylic acid groups (broad SMARTS) is 1. The van der Waals surface area contributed by atoms with Crippen LogP contribution in [0.25, 0.3) is 0 Å². The predicted octanol–water partition coefficient (Wildman–Crippen LogP) is 0.391. The number of carboxylic acids is 1. The van der Waals surface area contributed by atoms with E-state index in [9.17, 15) is 4.79 Å². The first-order chi connectivity index (χ1) is 7.01. The molecular formula is C11H20N2O2. The Balaban J connectivity index is 1.99. The third kappa shape index (κ3) is 1.88. The van der Waals surface area contributed by atoms with Crippen molar-refractivity contribution in [1.29, 1.82) is 0 Å². The van der Waals surface area contributed by atoms with Gasteiger partial charge in [-0.2, -0.15) is 0 Å². The first kappa shape index (κ1) is 10.9. The summed E-state index contributed by atoms with van der Waals surface area (Å²) >= 11 is 0. The third-order valence-corrected chi connectivity index (χ3v) is 4.11. The Hall–Kier alpha value is -0.610. The molecule has 0 aromatic heterocycles. The standard InChI is InChI=1S/C11H20N2O2/c1-11(2)9-6-12-5-8(9)7-13(11)4-3-10(14)15/h8-9,12H,3-7H2,1-2H3,(H,14,15). The topological polar surface area (TPSA) is 52.6 Å². The smallest absolute Gasteiger partial charge is 0.304 e. The zero-order valence-electron chi connectivity index (χ0n) is 9.49. The Kier molecular flexibility index (Phi) is 2.73. The molecule has 2 aliphatic rings. The molecule has 86 valence electrons. The average molecular weight is 212 g/mol. The van der Waals surface area contributed by atoms with Crippen LogP contribution in [0.4, 0.5) is 0 Å². The van der Waals surface area contributed by atoms with Crippen molar-refractivity contribution in [2.45, 2.75) is 25.8 Å². The van der Waals surface area contributed by atoms with Gasteiger partial charge in [-0.1, -0.05) is 0 Å². The molecule has 2 unspecified atom stereocenters. The SMILES string of the molecule is CC1(C)C2CNCC2CN1CCC(=O)O. The Morgan fingerprint density at radius 1 is 1.53 bits per heavy atom. The summed E-state index contributed by atoms with van der Waals surface area (Å²) in [5, 5.41) is 12.1. The van der Waals surface area contributed by atoms with Crippen molar-refractivity contribution in [2.75, 3.05) is 26.2 Å². The van der Waals surface area contributed by atoms with Gasteiger partial charge < -0.3 is 10.4 Å². The highest BCUT2D eigenvalue weighted by atomic mass is 16.4. The van der Waals surface area contributed by atoms with E-state index >= 15 is 0 Å². The van der Waals surface area contributed by atoms with E-state index in [1.807, 2.05) is 0 Å². The second-order valence-electron chi connectivity index (χ2n) is 5.27. The van der Waals surface area contributed by atoms with Gasteiger partial charge in [-0.25, -0.2) is 0 Å². The highest BCUT2D eigenvalue weighted by Gasteiger charge is 2.49. The quantitative estimate of drug-likeness (QED) is 0.710. The van der Waals surface area contributed by atoms with Gasteiger partial charge in [-0.3, -0.25) is 9.69 Å². The van der Waals surface area contributed by atoms with Gasteiger partial charge in [0.05, 0.1) is 6.42 Å². The summed E-state index contributed by atoms with van der Waals surface area (Å²) in [4.78, 5) is 12.9. The minimum absolute atomic E-state index is 0.156. The van der Waals surface area contributed by atoms with Crippen molar-refractivity contribution in [3.63, 3.8) is 0 Å². The van der Waals surface area contributed by atoms with Gasteiger partial charge >= 0.3 is 5.97 Å². The van der Waals surface area contributed by atoms with Crippen LogP contribution in [-0.4, -0.2) is 47.7 Å². The van der Waals surface area contributed by atoms with Crippen molar-refractivity contribution in [3.05, 3.63) is 0 Å². The fourth-order valence-electron chi connectivity index (χ4n) is 3.11. The van der Waals surface area contributed by atoms with E-state index in [0.29, 0.717) is 18.4 Å². The lowest BCUT2D eigenvalue weighted by atomic mass is 9.85. The molecule has 2 N–H and O–H groups in total. The molecule has 0 saturated carbocycles. The maximum atomic E-state index is 10.6. The lowest BCUT2D eigenvalue weighted by molar-refractivity contribution is -0.137. The van der Waals surface area contributed by atoms with Gasteiger partial charge in [0.2, 0.25) is 0 Å². The first-order valence-corrected chi connectivity index (χ1v) is 5.69. The summed E-state index contributed by atoms with van der Waals surface area (Å²) in [7, 11) is 0. The van der Waals surface area contributed by atoms with Crippen LogP contribution in [0.3, 0.4) is 0 Å². The van der Waals surface area contributed by atoms with Crippen LogP contribution < -0.4 is 5.32 Å². The van der Waals surface area contributed by atoms with Crippen molar-refractivity contribution >= 4 is 5.97 Å². The highest BCUT2D eigenvalue weighted by Crippen LogP contribution is 2.40. The second kappa shape index (κ2) is 3.76. The molecule has 0 amide bonds. The number of hydrogen-bond acceptors (Lipinski definition) is 3. The fourth-order valence-corrected chi connectivity index (χ4v) is 3.11. The summed E-state index contributed by atoms with van der Waals surface area (Å²) in [5.74, 6) is 0.709. The Labute approximate surface area is 90.6 Å². The molecule has 0 bridgehead atoms. The number of aliphatic carboxylic acids is 1. The van der Waals surface area contributed by atoms with Gasteiger partial charge in [0.1, 0.15) is 0 Å². The van der Waals surface area contributed by atoms with E-state index in [1.165, 1.54) is 0 Å². The summed E-state index contributed by atoms with van der Waals surface area (Å²) in [5.41, 5.74) is 0.156. The molecule has 0 spiro atoms. The van der Waals surface area contributed by atoms with Gasteiger partial charge in [-0.05, 0) is 32.2 Å². The first-order valence-electron chi connectivity index (χ1n) is 5.69. The van der Waals surface area contributed by atoms with Crippen LogP contribution in [0.1, 0.15) is 20.3 Å². The molecule has 15 heavy (non-hydrogen) atoms. The maximum absolute atomic E-state index is 10.6. The summed E-state index contributed by atoms with van der Waals surface area (Å²) in [6.45, 7) is 8.41. The minimum Gasteiger partial charge on any atom is -0.481 e. The number of fused-ring (bicyclic) bond motifs is 1. The number of rotatable bonds is 3. The van der Waals surface area contributed by atoms with Crippen LogP contribution in [0.2, 0.25) is 0 Å². The van der Waals surface area contributed by atoms with Gasteiger partial charge in [-0.15, -0.1) is 0 Å². The van der Waals surface area contributed by atoms with Crippen LogP contribution in [0.15, 0.2) is 0 Å². The Morgan fingerprint density at radius 3 is 2.87 bits per heavy atom. The monoisotopic (exact) mass is 212 g/mol. The predicted molar refractivity (Wildman–Crippen MR) is 57.8 cm³/mol. The van der Waals surface area contributed by atoms with Crippen LogP contribution >= 0.6 is 0 Å². The highest BCUT2D eigenvalue weighted by molar-refractivity contribution is 5.66. The maximum Gasteiger partial charge on any atom is 0.304 e. The van der Waals surface area contributed by atoms with Crippen molar-refractivity contribution in [1.82, 2.24) is 10.2 Å². The third-order valence-electron chi connectivity index (χ3n) is 4.11. The molecule has 2 rings (SSSR count). The van der Waals surface area contributed by atoms with E-state index in [2.05, 4.69) is 24.1 Å². The lowest BCUT2D eigenvalue weighted by Gasteiger charge is -2.35. The molecule has 2 saturated heterocycles. The van der Waals surface area contributed by atoms with Crippen molar-refractivity contribution in [3.8, 4) is 0 Å². The van der Waals surface area contributed by atoms with Crippen LogP contribution in [-0.2, 0) is 4.79 Å². The van der Waals surface area contributed by atoms with Crippen LogP contribution in [0.5, 0.6) is 0 Å². The number of nitrogens with zero attached hydrogens (tertiary/aromatic N) is 1. The zero-order chi connectivity index (χ0) is 11.1. The molecule has 2 atom stereocenters. The number of likely N-dealkylation sites (tertiary alicyclic amines) is 1. The van der Waals surface area contributed by atoms with Gasteiger partial charge in [0.25, 0.3) is 0 Å². The number of nitrogens with one attached hydrogen (secondary N) is 1. The van der Waals surface area contributed by atoms with Gasteiger partial charge in [0, 0.05) is 25.2 Å². The molecule has 0 radical (unpaired) electrons. The molecule has 0 aromatic rings. The Morgan fingerprint density at radius 2 is 2.27 bits per heavy atom. The minimum atomic E-state index is -0.694. The molecule has 2 aliphatic heterocycles. The average Bonchev–Trinajstić information content (AvgIpc) is 2.66.